The number of piperidine rings is 1. The number of imidazole rings is 1. The molecule has 0 spiro atoms. The van der Waals surface area contributed by atoms with Crippen molar-refractivity contribution in [1.29, 1.82) is 0 Å². The number of nitro benzene ring substituents is 1. The van der Waals surface area contributed by atoms with Gasteiger partial charge in [0.1, 0.15) is 5.82 Å². The number of carbonyl (C=O) groups excluding carboxylic acids is 1. The number of benzene rings is 2. The summed E-state index contributed by atoms with van der Waals surface area (Å²) < 4.78 is 2.29. The lowest BCUT2D eigenvalue weighted by atomic mass is 9.96. The Morgan fingerprint density at radius 2 is 1.83 bits per heavy atom. The lowest BCUT2D eigenvalue weighted by molar-refractivity contribution is -0.384. The Hall–Kier alpha value is -3.22. The van der Waals surface area contributed by atoms with Gasteiger partial charge < -0.3 is 9.47 Å². The summed E-state index contributed by atoms with van der Waals surface area (Å²) in [7, 11) is 0. The average Bonchev–Trinajstić information content (AvgIpc) is 3.04. The Kier molecular flexibility index (Phi) is 5.29. The van der Waals surface area contributed by atoms with Crippen molar-refractivity contribution in [3.63, 3.8) is 0 Å². The summed E-state index contributed by atoms with van der Waals surface area (Å²) in [5.41, 5.74) is 3.05. The van der Waals surface area contributed by atoms with E-state index in [0.29, 0.717) is 5.92 Å². The molecule has 3 aromatic rings. The second-order valence-corrected chi connectivity index (χ2v) is 7.68. The zero-order chi connectivity index (χ0) is 20.4. The van der Waals surface area contributed by atoms with Crippen LogP contribution in [0.4, 0.5) is 5.69 Å². The number of hydrogen-bond acceptors (Lipinski definition) is 4. The first kappa shape index (κ1) is 19.1. The van der Waals surface area contributed by atoms with Crippen molar-refractivity contribution in [2.45, 2.75) is 32.7 Å². The van der Waals surface area contributed by atoms with Gasteiger partial charge in [0.05, 0.1) is 22.4 Å². The molecule has 1 fully saturated rings. The first-order valence-electron chi connectivity index (χ1n) is 9.94. The van der Waals surface area contributed by atoms with Crippen LogP contribution in [0.15, 0.2) is 48.5 Å². The molecule has 0 saturated carbocycles. The third kappa shape index (κ3) is 4.13. The summed E-state index contributed by atoms with van der Waals surface area (Å²) in [6.07, 6.45) is 2.23. The molecule has 0 bridgehead atoms. The minimum Gasteiger partial charge on any atom is -0.342 e. The largest absolute Gasteiger partial charge is 0.342 e. The van der Waals surface area contributed by atoms with E-state index in [2.05, 4.69) is 15.6 Å². The van der Waals surface area contributed by atoms with Crippen LogP contribution < -0.4 is 0 Å². The predicted molar refractivity (Wildman–Crippen MR) is 111 cm³/mol. The molecule has 1 aliphatic rings. The van der Waals surface area contributed by atoms with Crippen LogP contribution in [-0.4, -0.2) is 38.4 Å². The van der Waals surface area contributed by atoms with E-state index in [1.54, 1.807) is 12.1 Å². The number of nitrogens with zero attached hydrogens (tertiary/aromatic N) is 4. The molecule has 1 aliphatic heterocycles. The van der Waals surface area contributed by atoms with Gasteiger partial charge in [-0.15, -0.1) is 0 Å². The van der Waals surface area contributed by atoms with Crippen LogP contribution in [0.1, 0.15) is 24.2 Å². The molecule has 7 heteroatoms. The third-order valence-corrected chi connectivity index (χ3v) is 5.76. The molecule has 1 amide bonds. The number of carbonyl (C=O) groups is 1. The highest BCUT2D eigenvalue weighted by atomic mass is 16.6. The Morgan fingerprint density at radius 1 is 1.14 bits per heavy atom. The van der Waals surface area contributed by atoms with Crippen LogP contribution >= 0.6 is 0 Å². The standard InChI is InChI=1S/C22H24N4O3/c1-16-23-20-4-2-3-5-21(20)25(16)15-18-10-12-24(13-11-18)22(27)14-17-6-8-19(9-7-17)26(28)29/h2-9,18H,10-15H2,1H3. The van der Waals surface area contributed by atoms with Gasteiger partial charge >= 0.3 is 0 Å². The van der Waals surface area contributed by atoms with Crippen molar-refractivity contribution < 1.29 is 9.72 Å². The smallest absolute Gasteiger partial charge is 0.269 e. The van der Waals surface area contributed by atoms with E-state index in [1.165, 1.54) is 17.6 Å². The molecule has 4 rings (SSSR count). The Morgan fingerprint density at radius 3 is 2.52 bits per heavy atom. The molecule has 0 unspecified atom stereocenters. The monoisotopic (exact) mass is 392 g/mol. The van der Waals surface area contributed by atoms with Crippen molar-refractivity contribution in [3.8, 4) is 0 Å². The quantitative estimate of drug-likeness (QED) is 0.489. The second kappa shape index (κ2) is 8.03. The number of non-ortho nitro benzene ring substituents is 1. The van der Waals surface area contributed by atoms with Gasteiger partial charge in [0.15, 0.2) is 0 Å². The van der Waals surface area contributed by atoms with E-state index in [4.69, 9.17) is 0 Å². The predicted octanol–water partition coefficient (Wildman–Crippen LogP) is 3.73. The van der Waals surface area contributed by atoms with Crippen molar-refractivity contribution in [3.05, 3.63) is 70.0 Å². The van der Waals surface area contributed by atoms with Gasteiger partial charge in [-0.3, -0.25) is 14.9 Å². The molecule has 2 aromatic carbocycles. The van der Waals surface area contributed by atoms with Gasteiger partial charge in [0.2, 0.25) is 5.91 Å². The van der Waals surface area contributed by atoms with Gasteiger partial charge in [-0.25, -0.2) is 4.98 Å². The fourth-order valence-electron chi connectivity index (χ4n) is 4.07. The van der Waals surface area contributed by atoms with Crippen LogP contribution in [-0.2, 0) is 17.8 Å². The Bertz CT molecular complexity index is 1030. The van der Waals surface area contributed by atoms with Crippen molar-refractivity contribution in [2.24, 2.45) is 5.92 Å². The number of aryl methyl sites for hydroxylation is 1. The number of aromatic nitrogens is 2. The topological polar surface area (TPSA) is 81.3 Å². The highest BCUT2D eigenvalue weighted by Gasteiger charge is 2.24. The zero-order valence-corrected chi connectivity index (χ0v) is 16.5. The van der Waals surface area contributed by atoms with Gasteiger partial charge in [-0.05, 0) is 43.4 Å². The summed E-state index contributed by atoms with van der Waals surface area (Å²) in [4.78, 5) is 29.5. The summed E-state index contributed by atoms with van der Waals surface area (Å²) >= 11 is 0. The van der Waals surface area contributed by atoms with E-state index < -0.39 is 4.92 Å². The van der Waals surface area contributed by atoms with Gasteiger partial charge in [0, 0.05) is 31.8 Å². The fraction of sp³-hybridized carbons (Fsp3) is 0.364. The van der Waals surface area contributed by atoms with Crippen molar-refractivity contribution in [1.82, 2.24) is 14.5 Å². The average molecular weight is 392 g/mol. The van der Waals surface area contributed by atoms with Crippen LogP contribution in [0.3, 0.4) is 0 Å². The molecule has 0 radical (unpaired) electrons. The Balaban J connectivity index is 1.33. The molecular formula is C22H24N4O3. The van der Waals surface area contributed by atoms with E-state index >= 15 is 0 Å². The van der Waals surface area contributed by atoms with Crippen LogP contribution in [0.25, 0.3) is 11.0 Å². The van der Waals surface area contributed by atoms with Gasteiger partial charge in [-0.2, -0.15) is 0 Å². The fourth-order valence-corrected chi connectivity index (χ4v) is 4.07. The number of hydrogen-bond donors (Lipinski definition) is 0. The van der Waals surface area contributed by atoms with Crippen LogP contribution in [0, 0.1) is 23.0 Å². The minimum absolute atomic E-state index is 0.0457. The molecule has 150 valence electrons. The number of nitro groups is 1. The zero-order valence-electron chi connectivity index (χ0n) is 16.5. The molecule has 0 N–H and O–H groups in total. The molecule has 0 atom stereocenters. The van der Waals surface area contributed by atoms with E-state index in [0.717, 1.165) is 49.4 Å². The minimum atomic E-state index is -0.429. The summed E-state index contributed by atoms with van der Waals surface area (Å²) in [5, 5.41) is 10.7. The first-order chi connectivity index (χ1) is 14.0. The third-order valence-electron chi connectivity index (χ3n) is 5.76. The number of rotatable bonds is 5. The highest BCUT2D eigenvalue weighted by Crippen LogP contribution is 2.24. The normalized spacial score (nSPS) is 15.0. The maximum atomic E-state index is 12.6. The first-order valence-corrected chi connectivity index (χ1v) is 9.94. The maximum absolute atomic E-state index is 12.6. The second-order valence-electron chi connectivity index (χ2n) is 7.68. The molecule has 1 aromatic heterocycles. The molecular weight excluding hydrogens is 368 g/mol. The van der Waals surface area contributed by atoms with Crippen molar-refractivity contribution in [2.75, 3.05) is 13.1 Å². The molecule has 7 nitrogen and oxygen atoms in total. The van der Waals surface area contributed by atoms with Crippen LogP contribution in [0.2, 0.25) is 0 Å². The number of amides is 1. The number of likely N-dealkylation sites (tertiary alicyclic amines) is 1. The van der Waals surface area contributed by atoms with E-state index in [-0.39, 0.29) is 18.0 Å². The summed E-state index contributed by atoms with van der Waals surface area (Å²) in [5.74, 6) is 1.64. The lowest BCUT2D eigenvalue weighted by Gasteiger charge is -2.32. The molecule has 0 aliphatic carbocycles. The molecule has 1 saturated heterocycles. The SMILES string of the molecule is Cc1nc2ccccc2n1CC1CCN(C(=O)Cc2ccc([N+](=O)[O-])cc2)CC1. The van der Waals surface area contributed by atoms with Gasteiger partial charge in [0.25, 0.3) is 5.69 Å². The van der Waals surface area contributed by atoms with Crippen molar-refractivity contribution >= 4 is 22.6 Å². The lowest BCUT2D eigenvalue weighted by Crippen LogP contribution is -2.40. The van der Waals surface area contributed by atoms with E-state index in [9.17, 15) is 14.9 Å². The molecule has 2 heterocycles. The van der Waals surface area contributed by atoms with E-state index in [1.807, 2.05) is 30.0 Å². The van der Waals surface area contributed by atoms with Gasteiger partial charge in [-0.1, -0.05) is 24.3 Å². The van der Waals surface area contributed by atoms with Crippen LogP contribution in [0.5, 0.6) is 0 Å². The summed E-state index contributed by atoms with van der Waals surface area (Å²) in [6, 6.07) is 14.4. The number of fused-ring (bicyclic) bond motifs is 1. The summed E-state index contributed by atoms with van der Waals surface area (Å²) in [6.45, 7) is 4.48. The maximum Gasteiger partial charge on any atom is 0.269 e. The highest BCUT2D eigenvalue weighted by molar-refractivity contribution is 5.79. The molecule has 29 heavy (non-hydrogen) atoms. The number of para-hydroxylation sites is 2. The Labute approximate surface area is 169 Å².